The number of aliphatic imine (C=N–C) groups is 1. The molecule has 8 aromatic carbocycles. The highest BCUT2D eigenvalue weighted by molar-refractivity contribution is 6.26. The topological polar surface area (TPSA) is 62.7 Å². The van der Waals surface area contributed by atoms with Crippen LogP contribution >= 0.6 is 0 Å². The molecule has 2 N–H and O–H groups in total. The van der Waals surface area contributed by atoms with Crippen LogP contribution in [0.1, 0.15) is 29.0 Å². The van der Waals surface area contributed by atoms with E-state index < -0.39 is 0 Å². The first-order valence-electron chi connectivity index (χ1n) is 17.7. The Morgan fingerprint density at radius 3 is 2.04 bits per heavy atom. The van der Waals surface area contributed by atoms with Crippen LogP contribution in [0, 0.1) is 0 Å². The van der Waals surface area contributed by atoms with Gasteiger partial charge in [0, 0.05) is 27.1 Å². The summed E-state index contributed by atoms with van der Waals surface area (Å²) in [6, 6.07) is 57.4. The molecule has 2 aromatic heterocycles. The van der Waals surface area contributed by atoms with E-state index in [4.69, 9.17) is 13.8 Å². The van der Waals surface area contributed by atoms with Crippen molar-refractivity contribution in [3.05, 3.63) is 180 Å². The maximum atomic E-state index is 6.76. The number of nitrogens with one attached hydrogen (secondary N) is 2. The van der Waals surface area contributed by atoms with Crippen molar-refractivity contribution >= 4 is 71.3 Å². The van der Waals surface area contributed by atoms with E-state index in [1.807, 2.05) is 18.2 Å². The Kier molecular flexibility index (Phi) is 6.39. The van der Waals surface area contributed by atoms with Crippen LogP contribution in [0.15, 0.2) is 178 Å². The molecule has 0 amide bonds. The smallest absolute Gasteiger partial charge is 0.136 e. The van der Waals surface area contributed by atoms with Gasteiger partial charge in [0.25, 0.3) is 0 Å². The van der Waals surface area contributed by atoms with Gasteiger partial charge >= 0.3 is 0 Å². The van der Waals surface area contributed by atoms with Crippen molar-refractivity contribution in [3.63, 3.8) is 0 Å². The average Bonchev–Trinajstić information content (AvgIpc) is 3.79. The summed E-state index contributed by atoms with van der Waals surface area (Å²) in [5, 5.41) is 16.7. The molecular weight excluding hydrogens is 639 g/mol. The zero-order valence-electron chi connectivity index (χ0n) is 28.0. The van der Waals surface area contributed by atoms with Gasteiger partial charge in [-0.3, -0.25) is 5.32 Å². The van der Waals surface area contributed by atoms with E-state index in [0.717, 1.165) is 82.9 Å². The van der Waals surface area contributed by atoms with E-state index in [-0.39, 0.29) is 12.3 Å². The number of hydrogen-bond donors (Lipinski definition) is 2. The molecule has 1 aliphatic rings. The van der Waals surface area contributed by atoms with Crippen LogP contribution in [0.5, 0.6) is 0 Å². The monoisotopic (exact) mass is 669 g/mol. The Hall–Kier alpha value is -6.69. The van der Waals surface area contributed by atoms with Gasteiger partial charge < -0.3 is 14.2 Å². The van der Waals surface area contributed by atoms with Gasteiger partial charge in [0.1, 0.15) is 40.5 Å². The molecule has 5 heteroatoms. The third-order valence-corrected chi connectivity index (χ3v) is 10.5. The highest BCUT2D eigenvalue weighted by Crippen LogP contribution is 2.41. The van der Waals surface area contributed by atoms with Crippen molar-refractivity contribution < 1.29 is 8.83 Å². The Morgan fingerprint density at radius 2 is 1.15 bits per heavy atom. The molecule has 3 heterocycles. The Morgan fingerprint density at radius 1 is 0.442 bits per heavy atom. The van der Waals surface area contributed by atoms with Gasteiger partial charge in [-0.1, -0.05) is 133 Å². The van der Waals surface area contributed by atoms with Gasteiger partial charge in [-0.15, -0.1) is 0 Å². The molecule has 0 fully saturated rings. The molecule has 1 aliphatic heterocycles. The molecular formula is C47H31N3O2. The first kappa shape index (κ1) is 29.1. The number of rotatable bonds is 4. The second-order valence-electron chi connectivity index (χ2n) is 13.6. The van der Waals surface area contributed by atoms with E-state index in [0.29, 0.717) is 0 Å². The fraction of sp³-hybridized carbons (Fsp3) is 0.0426. The van der Waals surface area contributed by atoms with Crippen LogP contribution in [0.25, 0.3) is 76.5 Å². The predicted octanol–water partition coefficient (Wildman–Crippen LogP) is 11.8. The predicted molar refractivity (Wildman–Crippen MR) is 213 cm³/mol. The molecule has 11 rings (SSSR count). The lowest BCUT2D eigenvalue weighted by molar-refractivity contribution is 0.409. The maximum Gasteiger partial charge on any atom is 0.136 e. The Bertz CT molecular complexity index is 3040. The minimum Gasteiger partial charge on any atom is -0.456 e. The SMILES string of the molecule is c1ccc(C2NC(c3cc(-c4cccc5ccccc45)cc4oc5ccc6ccccc6c5c34)=NC(c3ccc4c(c3)oc3ccccc34)N2)cc1. The summed E-state index contributed by atoms with van der Waals surface area (Å²) < 4.78 is 13.1. The lowest BCUT2D eigenvalue weighted by Gasteiger charge is -2.32. The number of fused-ring (bicyclic) bond motifs is 9. The van der Waals surface area contributed by atoms with E-state index >= 15 is 0 Å². The molecule has 0 bridgehead atoms. The van der Waals surface area contributed by atoms with Crippen molar-refractivity contribution in [3.8, 4) is 11.1 Å². The first-order chi connectivity index (χ1) is 25.7. The lowest BCUT2D eigenvalue weighted by Crippen LogP contribution is -2.45. The molecule has 0 spiro atoms. The molecule has 10 aromatic rings. The summed E-state index contributed by atoms with van der Waals surface area (Å²) in [6.07, 6.45) is -0.568. The summed E-state index contributed by atoms with van der Waals surface area (Å²) in [6.45, 7) is 0. The highest BCUT2D eigenvalue weighted by Gasteiger charge is 2.29. The largest absolute Gasteiger partial charge is 0.456 e. The summed E-state index contributed by atoms with van der Waals surface area (Å²) in [4.78, 5) is 5.48. The van der Waals surface area contributed by atoms with Crippen LogP contribution in [0.3, 0.4) is 0 Å². The summed E-state index contributed by atoms with van der Waals surface area (Å²) in [5.74, 6) is 0.796. The van der Waals surface area contributed by atoms with Crippen molar-refractivity contribution in [1.29, 1.82) is 0 Å². The summed E-state index contributed by atoms with van der Waals surface area (Å²) in [7, 11) is 0. The molecule has 2 unspecified atom stereocenters. The van der Waals surface area contributed by atoms with Crippen LogP contribution in [-0.4, -0.2) is 5.84 Å². The fourth-order valence-electron chi connectivity index (χ4n) is 8.08. The number of furan rings is 2. The van der Waals surface area contributed by atoms with E-state index in [1.165, 1.54) is 16.2 Å². The molecule has 0 radical (unpaired) electrons. The van der Waals surface area contributed by atoms with Crippen LogP contribution in [0.2, 0.25) is 0 Å². The third kappa shape index (κ3) is 4.57. The highest BCUT2D eigenvalue weighted by atomic mass is 16.3. The minimum absolute atomic E-state index is 0.212. The van der Waals surface area contributed by atoms with E-state index in [1.54, 1.807) is 0 Å². The van der Waals surface area contributed by atoms with E-state index in [2.05, 4.69) is 156 Å². The summed E-state index contributed by atoms with van der Waals surface area (Å²) in [5.41, 5.74) is 8.76. The van der Waals surface area contributed by atoms with Gasteiger partial charge in [0.15, 0.2) is 0 Å². The van der Waals surface area contributed by atoms with Crippen LogP contribution in [0.4, 0.5) is 0 Å². The third-order valence-electron chi connectivity index (χ3n) is 10.5. The number of nitrogens with zero attached hydrogens (tertiary/aromatic N) is 1. The fourth-order valence-corrected chi connectivity index (χ4v) is 8.08. The average molecular weight is 670 g/mol. The minimum atomic E-state index is -0.356. The quantitative estimate of drug-likeness (QED) is 0.196. The van der Waals surface area contributed by atoms with Crippen molar-refractivity contribution in [2.75, 3.05) is 0 Å². The summed E-state index contributed by atoms with van der Waals surface area (Å²) >= 11 is 0. The zero-order chi connectivity index (χ0) is 34.2. The second-order valence-corrected chi connectivity index (χ2v) is 13.6. The van der Waals surface area contributed by atoms with Gasteiger partial charge in [-0.2, -0.15) is 0 Å². The second kappa shape index (κ2) is 11.4. The number of para-hydroxylation sites is 1. The van der Waals surface area contributed by atoms with Crippen LogP contribution < -0.4 is 10.6 Å². The zero-order valence-corrected chi connectivity index (χ0v) is 28.0. The van der Waals surface area contributed by atoms with Crippen molar-refractivity contribution in [2.45, 2.75) is 12.3 Å². The van der Waals surface area contributed by atoms with Crippen LogP contribution in [-0.2, 0) is 0 Å². The normalized spacial score (nSPS) is 16.3. The lowest BCUT2D eigenvalue weighted by atomic mass is 9.93. The van der Waals surface area contributed by atoms with Gasteiger partial charge in [-0.25, -0.2) is 4.99 Å². The maximum absolute atomic E-state index is 6.76. The Labute approximate surface area is 298 Å². The van der Waals surface area contributed by atoms with Crippen molar-refractivity contribution in [1.82, 2.24) is 10.6 Å². The number of amidine groups is 1. The first-order valence-corrected chi connectivity index (χ1v) is 17.7. The molecule has 246 valence electrons. The molecule has 0 aliphatic carbocycles. The standard InChI is InChI=1S/C47H31N3O2/c1-2-13-30(14-3-1)45-48-46(31-21-23-37-36-18-8-9-20-39(36)51-41(37)26-31)50-47(49-45)38-25-32(34-19-10-15-28-11-4-6-16-33(28)34)27-42-44(38)43-35-17-7-5-12-29(35)22-24-40(43)52-42/h1-27,45-46,48H,(H,49,50). The van der Waals surface area contributed by atoms with Gasteiger partial charge in [-0.05, 0) is 74.1 Å². The molecule has 5 nitrogen and oxygen atoms in total. The number of hydrogen-bond acceptors (Lipinski definition) is 5. The Balaban J connectivity index is 1.18. The molecule has 0 saturated heterocycles. The van der Waals surface area contributed by atoms with E-state index in [9.17, 15) is 0 Å². The molecule has 52 heavy (non-hydrogen) atoms. The number of benzene rings is 8. The van der Waals surface area contributed by atoms with Gasteiger partial charge in [0.2, 0.25) is 0 Å². The molecule has 0 saturated carbocycles. The molecule has 2 atom stereocenters. The van der Waals surface area contributed by atoms with Crippen molar-refractivity contribution in [2.24, 2.45) is 4.99 Å². The van der Waals surface area contributed by atoms with Gasteiger partial charge in [0.05, 0.1) is 0 Å².